The Hall–Kier alpha value is -1.29. The van der Waals surface area contributed by atoms with E-state index in [0.29, 0.717) is 5.02 Å². The Bertz CT molecular complexity index is 667. The fourth-order valence-electron chi connectivity index (χ4n) is 2.50. The molecule has 2 nitrogen and oxygen atoms in total. The molecule has 1 heterocycles. The quantitative estimate of drug-likeness (QED) is 0.769. The highest BCUT2D eigenvalue weighted by molar-refractivity contribution is 6.65. The van der Waals surface area contributed by atoms with E-state index in [1.807, 2.05) is 58.0 Å². The lowest BCUT2D eigenvalue weighted by Gasteiger charge is -2.32. The first-order valence-electron chi connectivity index (χ1n) is 7.51. The van der Waals surface area contributed by atoms with Gasteiger partial charge in [0.1, 0.15) is 0 Å². The Morgan fingerprint density at radius 1 is 0.818 bits per heavy atom. The van der Waals surface area contributed by atoms with Gasteiger partial charge in [0, 0.05) is 10.5 Å². The third-order valence-corrected chi connectivity index (χ3v) is 4.94. The van der Waals surface area contributed by atoms with Crippen LogP contribution in [0, 0.1) is 0 Å². The monoisotopic (exact) mass is 314 g/mol. The Morgan fingerprint density at radius 2 is 1.41 bits per heavy atom. The molecule has 0 aromatic heterocycles. The van der Waals surface area contributed by atoms with Gasteiger partial charge in [0.05, 0.1) is 11.2 Å². The van der Waals surface area contributed by atoms with Crippen LogP contribution < -0.4 is 5.46 Å². The van der Waals surface area contributed by atoms with Gasteiger partial charge in [0.25, 0.3) is 0 Å². The summed E-state index contributed by atoms with van der Waals surface area (Å²) in [4.78, 5) is 0. The van der Waals surface area contributed by atoms with E-state index in [0.717, 1.165) is 16.6 Å². The Morgan fingerprint density at radius 3 is 1.95 bits per heavy atom. The second kappa shape index (κ2) is 5.41. The summed E-state index contributed by atoms with van der Waals surface area (Å²) in [5.74, 6) is 0. The van der Waals surface area contributed by atoms with Crippen LogP contribution in [-0.2, 0) is 9.31 Å². The first-order chi connectivity index (χ1) is 10.3. The average molecular weight is 315 g/mol. The molecule has 22 heavy (non-hydrogen) atoms. The van der Waals surface area contributed by atoms with Gasteiger partial charge in [-0.15, -0.1) is 0 Å². The molecule has 2 aromatic rings. The van der Waals surface area contributed by atoms with E-state index >= 15 is 0 Å². The maximum Gasteiger partial charge on any atom is 0.496 e. The fraction of sp³-hybridized carbons (Fsp3) is 0.333. The molecule has 4 heteroatoms. The molecule has 3 rings (SSSR count). The molecule has 0 unspecified atom stereocenters. The lowest BCUT2D eigenvalue weighted by Crippen LogP contribution is -2.41. The van der Waals surface area contributed by atoms with Crippen molar-refractivity contribution >= 4 is 24.2 Å². The van der Waals surface area contributed by atoms with Crippen molar-refractivity contribution in [3.63, 3.8) is 0 Å². The predicted molar refractivity (Wildman–Crippen MR) is 92.6 cm³/mol. The largest absolute Gasteiger partial charge is 0.496 e. The Kier molecular flexibility index (Phi) is 3.84. The summed E-state index contributed by atoms with van der Waals surface area (Å²) >= 11 is 6.49. The molecule has 114 valence electrons. The van der Waals surface area contributed by atoms with Crippen molar-refractivity contribution in [2.45, 2.75) is 38.9 Å². The zero-order chi connectivity index (χ0) is 16.0. The van der Waals surface area contributed by atoms with E-state index in [1.165, 1.54) is 0 Å². The molecule has 1 aliphatic rings. The summed E-state index contributed by atoms with van der Waals surface area (Å²) in [6, 6.07) is 16.2. The molecule has 0 bridgehead atoms. The lowest BCUT2D eigenvalue weighted by atomic mass is 9.78. The van der Waals surface area contributed by atoms with Crippen molar-refractivity contribution in [3.05, 3.63) is 53.6 Å². The molecule has 0 radical (unpaired) electrons. The van der Waals surface area contributed by atoms with Gasteiger partial charge in [-0.3, -0.25) is 0 Å². The fourth-order valence-corrected chi connectivity index (χ4v) is 2.77. The van der Waals surface area contributed by atoms with Crippen molar-refractivity contribution in [3.8, 4) is 11.1 Å². The zero-order valence-electron chi connectivity index (χ0n) is 13.4. The molecule has 1 fully saturated rings. The lowest BCUT2D eigenvalue weighted by molar-refractivity contribution is 0.00578. The minimum atomic E-state index is -0.428. The molecule has 0 aliphatic carbocycles. The van der Waals surface area contributed by atoms with Gasteiger partial charge in [-0.1, -0.05) is 54.1 Å². The zero-order valence-corrected chi connectivity index (χ0v) is 14.1. The molecule has 0 saturated carbocycles. The topological polar surface area (TPSA) is 18.5 Å². The summed E-state index contributed by atoms with van der Waals surface area (Å²) in [6.45, 7) is 8.16. The van der Waals surface area contributed by atoms with Crippen LogP contribution in [0.1, 0.15) is 27.7 Å². The van der Waals surface area contributed by atoms with E-state index in [-0.39, 0.29) is 11.2 Å². The van der Waals surface area contributed by atoms with Gasteiger partial charge >= 0.3 is 7.12 Å². The maximum absolute atomic E-state index is 6.49. The van der Waals surface area contributed by atoms with Crippen molar-refractivity contribution in [2.75, 3.05) is 0 Å². The summed E-state index contributed by atoms with van der Waals surface area (Å²) in [7, 11) is -0.428. The van der Waals surface area contributed by atoms with Crippen molar-refractivity contribution in [2.24, 2.45) is 0 Å². The Labute approximate surface area is 137 Å². The van der Waals surface area contributed by atoms with Gasteiger partial charge in [-0.05, 0) is 44.9 Å². The van der Waals surface area contributed by atoms with Gasteiger partial charge < -0.3 is 9.31 Å². The van der Waals surface area contributed by atoms with Gasteiger partial charge in [-0.25, -0.2) is 0 Å². The molecular formula is C18H20BClO2. The van der Waals surface area contributed by atoms with Crippen molar-refractivity contribution < 1.29 is 9.31 Å². The highest BCUT2D eigenvalue weighted by Crippen LogP contribution is 2.37. The molecule has 0 N–H and O–H groups in total. The second-order valence-corrected chi connectivity index (χ2v) is 7.10. The molecule has 0 spiro atoms. The van der Waals surface area contributed by atoms with Crippen LogP contribution in [0.15, 0.2) is 48.5 Å². The molecule has 1 saturated heterocycles. The molecule has 1 aliphatic heterocycles. The van der Waals surface area contributed by atoms with Crippen LogP contribution in [-0.4, -0.2) is 18.3 Å². The minimum Gasteiger partial charge on any atom is -0.399 e. The van der Waals surface area contributed by atoms with E-state index in [4.69, 9.17) is 20.9 Å². The van der Waals surface area contributed by atoms with Crippen LogP contribution in [0.4, 0.5) is 0 Å². The van der Waals surface area contributed by atoms with Gasteiger partial charge in [-0.2, -0.15) is 0 Å². The van der Waals surface area contributed by atoms with Gasteiger partial charge in [0.15, 0.2) is 0 Å². The summed E-state index contributed by atoms with van der Waals surface area (Å²) < 4.78 is 12.1. The van der Waals surface area contributed by atoms with E-state index in [9.17, 15) is 0 Å². The smallest absolute Gasteiger partial charge is 0.399 e. The van der Waals surface area contributed by atoms with E-state index in [2.05, 4.69) is 18.2 Å². The normalized spacial score (nSPS) is 19.4. The predicted octanol–water partition coefficient (Wildman–Crippen LogP) is 4.31. The van der Waals surface area contributed by atoms with E-state index in [1.54, 1.807) is 0 Å². The maximum atomic E-state index is 6.49. The number of hydrogen-bond donors (Lipinski definition) is 0. The van der Waals surface area contributed by atoms with Crippen molar-refractivity contribution in [1.29, 1.82) is 0 Å². The van der Waals surface area contributed by atoms with Crippen LogP contribution in [0.25, 0.3) is 11.1 Å². The Balaban J connectivity index is 1.91. The average Bonchev–Trinajstić information content (AvgIpc) is 2.68. The summed E-state index contributed by atoms with van der Waals surface area (Å²) in [5.41, 5.74) is 2.38. The highest BCUT2D eigenvalue weighted by atomic mass is 35.5. The SMILES string of the molecule is CC1(C)OB(c2ccc(-c3ccccc3)cc2Cl)OC1(C)C. The minimum absolute atomic E-state index is 0.362. The second-order valence-electron chi connectivity index (χ2n) is 6.69. The summed E-state index contributed by atoms with van der Waals surface area (Å²) in [5, 5.41) is 0.667. The van der Waals surface area contributed by atoms with Crippen molar-refractivity contribution in [1.82, 2.24) is 0 Å². The van der Waals surface area contributed by atoms with Crippen LogP contribution in [0.3, 0.4) is 0 Å². The molecule has 0 amide bonds. The van der Waals surface area contributed by atoms with E-state index < -0.39 is 7.12 Å². The first kappa shape index (κ1) is 15.6. The highest BCUT2D eigenvalue weighted by Gasteiger charge is 2.52. The van der Waals surface area contributed by atoms with Crippen LogP contribution in [0.2, 0.25) is 5.02 Å². The number of halogens is 1. The van der Waals surface area contributed by atoms with Gasteiger partial charge in [0.2, 0.25) is 0 Å². The third kappa shape index (κ3) is 2.69. The summed E-state index contributed by atoms with van der Waals surface area (Å²) in [6.07, 6.45) is 0. The molecule has 2 aromatic carbocycles. The number of rotatable bonds is 2. The molecule has 0 atom stereocenters. The molecular weight excluding hydrogens is 294 g/mol. The first-order valence-corrected chi connectivity index (χ1v) is 7.88. The third-order valence-electron chi connectivity index (χ3n) is 4.61. The standard InChI is InChI=1S/C18H20BClO2/c1-17(2)18(3,4)22-19(21-17)15-11-10-14(12-16(15)20)13-8-6-5-7-9-13/h5-12H,1-4H3. The van der Waals surface area contributed by atoms with Crippen LogP contribution >= 0.6 is 11.6 Å². The number of hydrogen-bond acceptors (Lipinski definition) is 2. The van der Waals surface area contributed by atoms with Crippen LogP contribution in [0.5, 0.6) is 0 Å². The number of benzene rings is 2.